The van der Waals surface area contributed by atoms with Crippen molar-refractivity contribution < 1.29 is 0 Å². The summed E-state index contributed by atoms with van der Waals surface area (Å²) in [6.45, 7) is 12.3. The van der Waals surface area contributed by atoms with Crippen LogP contribution < -0.4 is 5.32 Å². The molecule has 0 aliphatic heterocycles. The average molecular weight is 233 g/mol. The van der Waals surface area contributed by atoms with Crippen LogP contribution in [-0.4, -0.2) is 6.54 Å². The van der Waals surface area contributed by atoms with Gasteiger partial charge < -0.3 is 5.32 Å². The van der Waals surface area contributed by atoms with Crippen LogP contribution in [0.1, 0.15) is 56.3 Å². The first-order valence-corrected chi connectivity index (χ1v) is 6.91. The van der Waals surface area contributed by atoms with Gasteiger partial charge in [0.1, 0.15) is 0 Å². The third-order valence-corrected chi connectivity index (χ3v) is 3.59. The van der Waals surface area contributed by atoms with Crippen LogP contribution in [0.3, 0.4) is 0 Å². The quantitative estimate of drug-likeness (QED) is 0.768. The minimum Gasteiger partial charge on any atom is -0.310 e. The highest BCUT2D eigenvalue weighted by atomic mass is 14.9. The second-order valence-corrected chi connectivity index (χ2v) is 5.11. The second kappa shape index (κ2) is 6.80. The summed E-state index contributed by atoms with van der Waals surface area (Å²) < 4.78 is 0. The lowest BCUT2D eigenvalue weighted by Crippen LogP contribution is -2.28. The van der Waals surface area contributed by atoms with Gasteiger partial charge in [0.25, 0.3) is 0 Å². The zero-order valence-corrected chi connectivity index (χ0v) is 12.0. The van der Waals surface area contributed by atoms with Crippen molar-refractivity contribution in [1.29, 1.82) is 0 Å². The number of aryl methyl sites for hydroxylation is 2. The molecule has 96 valence electrons. The molecule has 1 nitrogen and oxygen atoms in total. The Balaban J connectivity index is 3.04. The van der Waals surface area contributed by atoms with E-state index in [4.69, 9.17) is 0 Å². The van der Waals surface area contributed by atoms with Gasteiger partial charge in [-0.3, -0.25) is 0 Å². The van der Waals surface area contributed by atoms with Crippen LogP contribution in [0.4, 0.5) is 0 Å². The van der Waals surface area contributed by atoms with Crippen LogP contribution in [0.2, 0.25) is 0 Å². The summed E-state index contributed by atoms with van der Waals surface area (Å²) in [5, 5.41) is 3.67. The highest BCUT2D eigenvalue weighted by Gasteiger charge is 2.20. The van der Waals surface area contributed by atoms with Gasteiger partial charge in [-0.05, 0) is 49.4 Å². The number of nitrogens with one attached hydrogen (secondary N) is 1. The van der Waals surface area contributed by atoms with Crippen molar-refractivity contribution in [3.8, 4) is 0 Å². The first-order valence-electron chi connectivity index (χ1n) is 6.91. The molecular formula is C16H27N. The largest absolute Gasteiger partial charge is 0.310 e. The molecule has 1 rings (SSSR count). The molecule has 0 bridgehead atoms. The van der Waals surface area contributed by atoms with Crippen LogP contribution >= 0.6 is 0 Å². The van der Waals surface area contributed by atoms with E-state index in [1.165, 1.54) is 29.5 Å². The molecule has 1 heteroatoms. The maximum atomic E-state index is 3.67. The zero-order chi connectivity index (χ0) is 12.8. The minimum absolute atomic E-state index is 0.501. The second-order valence-electron chi connectivity index (χ2n) is 5.11. The van der Waals surface area contributed by atoms with Crippen molar-refractivity contribution in [2.45, 2.75) is 53.5 Å². The third-order valence-electron chi connectivity index (χ3n) is 3.59. The van der Waals surface area contributed by atoms with Crippen molar-refractivity contribution >= 4 is 0 Å². The molecule has 1 N–H and O–H groups in total. The summed E-state index contributed by atoms with van der Waals surface area (Å²) in [6.07, 6.45) is 2.54. The van der Waals surface area contributed by atoms with E-state index < -0.39 is 0 Å². The van der Waals surface area contributed by atoms with Gasteiger partial charge in [0.15, 0.2) is 0 Å². The van der Waals surface area contributed by atoms with E-state index in [0.29, 0.717) is 12.0 Å². The molecule has 1 aromatic rings. The maximum absolute atomic E-state index is 3.67. The molecule has 2 unspecified atom stereocenters. The van der Waals surface area contributed by atoms with Gasteiger partial charge in [-0.2, -0.15) is 0 Å². The topological polar surface area (TPSA) is 12.0 Å². The third kappa shape index (κ3) is 3.57. The molecule has 0 saturated carbocycles. The molecule has 0 aliphatic carbocycles. The number of hydrogen-bond acceptors (Lipinski definition) is 1. The summed E-state index contributed by atoms with van der Waals surface area (Å²) in [6, 6.07) is 7.11. The van der Waals surface area contributed by atoms with Crippen molar-refractivity contribution in [1.82, 2.24) is 5.32 Å². The minimum atomic E-state index is 0.501. The van der Waals surface area contributed by atoms with Crippen molar-refractivity contribution in [2.24, 2.45) is 5.92 Å². The summed E-state index contributed by atoms with van der Waals surface area (Å²) in [7, 11) is 0. The SMILES string of the molecule is CCCC(C)C(NCC)c1c(C)cccc1C. The number of benzene rings is 1. The lowest BCUT2D eigenvalue weighted by molar-refractivity contribution is 0.367. The average Bonchev–Trinajstić information content (AvgIpc) is 2.28. The molecule has 17 heavy (non-hydrogen) atoms. The van der Waals surface area contributed by atoms with E-state index in [2.05, 4.69) is 58.1 Å². The monoisotopic (exact) mass is 233 g/mol. The Morgan fingerprint density at radius 2 is 1.71 bits per heavy atom. The predicted octanol–water partition coefficient (Wildman–Crippen LogP) is 4.39. The normalized spacial score (nSPS) is 14.6. The highest BCUT2D eigenvalue weighted by Crippen LogP contribution is 2.30. The van der Waals surface area contributed by atoms with E-state index in [1.54, 1.807) is 0 Å². The first kappa shape index (κ1) is 14.2. The van der Waals surface area contributed by atoms with E-state index in [0.717, 1.165) is 6.54 Å². The molecule has 0 amide bonds. The zero-order valence-electron chi connectivity index (χ0n) is 12.0. The van der Waals surface area contributed by atoms with Gasteiger partial charge in [-0.1, -0.05) is 45.4 Å². The van der Waals surface area contributed by atoms with E-state index in [-0.39, 0.29) is 0 Å². The smallest absolute Gasteiger partial charge is 0.0351 e. The maximum Gasteiger partial charge on any atom is 0.0351 e. The van der Waals surface area contributed by atoms with Crippen LogP contribution in [0.5, 0.6) is 0 Å². The van der Waals surface area contributed by atoms with E-state index >= 15 is 0 Å². The van der Waals surface area contributed by atoms with Crippen LogP contribution in [0, 0.1) is 19.8 Å². The van der Waals surface area contributed by atoms with Gasteiger partial charge in [0.2, 0.25) is 0 Å². The van der Waals surface area contributed by atoms with Gasteiger partial charge in [0, 0.05) is 6.04 Å². The fourth-order valence-corrected chi connectivity index (χ4v) is 2.75. The van der Waals surface area contributed by atoms with Gasteiger partial charge in [0.05, 0.1) is 0 Å². The van der Waals surface area contributed by atoms with Crippen molar-refractivity contribution in [3.63, 3.8) is 0 Å². The van der Waals surface area contributed by atoms with E-state index in [9.17, 15) is 0 Å². The lowest BCUT2D eigenvalue weighted by Gasteiger charge is -2.28. The molecule has 0 fully saturated rings. The van der Waals surface area contributed by atoms with Crippen molar-refractivity contribution in [3.05, 3.63) is 34.9 Å². The summed E-state index contributed by atoms with van der Waals surface area (Å²) in [4.78, 5) is 0. The Labute approximate surface area is 107 Å². The molecule has 0 heterocycles. The number of rotatable bonds is 6. The Bertz CT molecular complexity index is 323. The molecule has 1 aromatic carbocycles. The fraction of sp³-hybridized carbons (Fsp3) is 0.625. The van der Waals surface area contributed by atoms with Crippen LogP contribution in [-0.2, 0) is 0 Å². The summed E-state index contributed by atoms with van der Waals surface area (Å²) in [5.74, 6) is 0.694. The standard InChI is InChI=1S/C16H27N/c1-6-9-14(5)16(17-7-2)15-12(3)10-8-11-13(15)4/h8,10-11,14,16-17H,6-7,9H2,1-5H3. The Morgan fingerprint density at radius 3 is 2.18 bits per heavy atom. The van der Waals surface area contributed by atoms with Crippen LogP contribution in [0.15, 0.2) is 18.2 Å². The molecule has 0 radical (unpaired) electrons. The van der Waals surface area contributed by atoms with Gasteiger partial charge in [-0.15, -0.1) is 0 Å². The number of hydrogen-bond donors (Lipinski definition) is 1. The Morgan fingerprint density at radius 1 is 1.12 bits per heavy atom. The molecule has 2 atom stereocenters. The Kier molecular flexibility index (Phi) is 5.70. The van der Waals surface area contributed by atoms with Crippen molar-refractivity contribution in [2.75, 3.05) is 6.54 Å². The molecule has 0 saturated heterocycles. The summed E-state index contributed by atoms with van der Waals surface area (Å²) >= 11 is 0. The van der Waals surface area contributed by atoms with Gasteiger partial charge >= 0.3 is 0 Å². The highest BCUT2D eigenvalue weighted by molar-refractivity contribution is 5.36. The lowest BCUT2D eigenvalue weighted by atomic mass is 9.86. The molecular weight excluding hydrogens is 206 g/mol. The molecule has 0 aliphatic rings. The predicted molar refractivity (Wildman–Crippen MR) is 76.4 cm³/mol. The van der Waals surface area contributed by atoms with E-state index in [1.807, 2.05) is 0 Å². The fourth-order valence-electron chi connectivity index (χ4n) is 2.75. The van der Waals surface area contributed by atoms with Gasteiger partial charge in [-0.25, -0.2) is 0 Å². The first-order chi connectivity index (χ1) is 8.11. The Hall–Kier alpha value is -0.820. The molecule has 0 spiro atoms. The summed E-state index contributed by atoms with van der Waals surface area (Å²) in [5.41, 5.74) is 4.34. The molecule has 0 aromatic heterocycles. The van der Waals surface area contributed by atoms with Crippen LogP contribution in [0.25, 0.3) is 0 Å².